The second-order valence-electron chi connectivity index (χ2n) is 6.29. The fraction of sp³-hybridized carbons (Fsp3) is 0.368. The third-order valence-corrected chi connectivity index (χ3v) is 4.87. The van der Waals surface area contributed by atoms with Gasteiger partial charge in [0.05, 0.1) is 25.3 Å². The molecule has 1 aromatic carbocycles. The molecule has 2 aromatic rings. The van der Waals surface area contributed by atoms with Crippen molar-refractivity contribution in [3.63, 3.8) is 0 Å². The number of pyridine rings is 1. The lowest BCUT2D eigenvalue weighted by Crippen LogP contribution is -2.59. The first-order valence-electron chi connectivity index (χ1n) is 8.35. The maximum atomic E-state index is 9.05. The highest BCUT2D eigenvalue weighted by molar-refractivity contribution is 5.42. The first-order chi connectivity index (χ1) is 11.8. The fourth-order valence-corrected chi connectivity index (χ4v) is 3.67. The molecule has 5 nitrogen and oxygen atoms in total. The predicted octanol–water partition coefficient (Wildman–Crippen LogP) is 2.22. The van der Waals surface area contributed by atoms with E-state index in [9.17, 15) is 0 Å². The summed E-state index contributed by atoms with van der Waals surface area (Å²) in [7, 11) is 0. The van der Waals surface area contributed by atoms with Crippen molar-refractivity contribution in [2.75, 3.05) is 37.7 Å². The molecule has 2 aliphatic heterocycles. The number of anilines is 1. The number of rotatable bonds is 2. The summed E-state index contributed by atoms with van der Waals surface area (Å²) in [4.78, 5) is 9.26. The Hall–Kier alpha value is -2.42. The normalized spacial score (nSPS) is 24.2. The van der Waals surface area contributed by atoms with Gasteiger partial charge < -0.3 is 9.64 Å². The topological polar surface area (TPSA) is 52.4 Å². The molecule has 24 heavy (non-hydrogen) atoms. The molecule has 1 aromatic heterocycles. The van der Waals surface area contributed by atoms with Gasteiger partial charge in [-0.25, -0.2) is 4.98 Å². The van der Waals surface area contributed by atoms with Crippen molar-refractivity contribution in [3.8, 4) is 6.07 Å². The van der Waals surface area contributed by atoms with Crippen LogP contribution in [0.15, 0.2) is 48.5 Å². The number of nitrogens with zero attached hydrogens (tertiary/aromatic N) is 4. The average Bonchev–Trinajstić information content (AvgIpc) is 2.68. The lowest BCUT2D eigenvalue weighted by atomic mass is 10.00. The van der Waals surface area contributed by atoms with Crippen LogP contribution < -0.4 is 4.90 Å². The van der Waals surface area contributed by atoms with Crippen LogP contribution in [0, 0.1) is 11.3 Å². The quantitative estimate of drug-likeness (QED) is 0.849. The van der Waals surface area contributed by atoms with Crippen LogP contribution in [0.3, 0.4) is 0 Å². The second-order valence-corrected chi connectivity index (χ2v) is 6.29. The van der Waals surface area contributed by atoms with E-state index >= 15 is 0 Å². The maximum absolute atomic E-state index is 9.05. The number of benzene rings is 1. The van der Waals surface area contributed by atoms with Crippen LogP contribution in [-0.2, 0) is 4.74 Å². The number of hydrogen-bond acceptors (Lipinski definition) is 5. The molecule has 122 valence electrons. The molecule has 0 saturated carbocycles. The highest BCUT2D eigenvalue weighted by Crippen LogP contribution is 2.30. The zero-order valence-corrected chi connectivity index (χ0v) is 13.5. The van der Waals surface area contributed by atoms with Crippen molar-refractivity contribution < 1.29 is 4.74 Å². The van der Waals surface area contributed by atoms with Gasteiger partial charge in [0.1, 0.15) is 17.6 Å². The van der Waals surface area contributed by atoms with Gasteiger partial charge in [0.25, 0.3) is 0 Å². The van der Waals surface area contributed by atoms with Gasteiger partial charge in [-0.2, -0.15) is 5.26 Å². The molecule has 2 saturated heterocycles. The number of morpholine rings is 1. The van der Waals surface area contributed by atoms with E-state index in [1.807, 2.05) is 12.1 Å². The Morgan fingerprint density at radius 3 is 2.75 bits per heavy atom. The van der Waals surface area contributed by atoms with E-state index in [-0.39, 0.29) is 0 Å². The van der Waals surface area contributed by atoms with E-state index in [1.165, 1.54) is 5.56 Å². The molecule has 0 radical (unpaired) electrons. The second kappa shape index (κ2) is 6.60. The van der Waals surface area contributed by atoms with E-state index in [4.69, 9.17) is 10.00 Å². The highest BCUT2D eigenvalue weighted by atomic mass is 16.5. The Bertz CT molecular complexity index is 743. The van der Waals surface area contributed by atoms with Crippen molar-refractivity contribution in [3.05, 3.63) is 59.8 Å². The Labute approximate surface area is 142 Å². The van der Waals surface area contributed by atoms with Gasteiger partial charge in [0.15, 0.2) is 0 Å². The van der Waals surface area contributed by atoms with Gasteiger partial charge in [-0.1, -0.05) is 36.4 Å². The first kappa shape index (κ1) is 15.1. The van der Waals surface area contributed by atoms with Crippen LogP contribution in [0.4, 0.5) is 5.82 Å². The van der Waals surface area contributed by atoms with Crippen LogP contribution in [0.1, 0.15) is 17.3 Å². The minimum atomic E-state index is 0.325. The largest absolute Gasteiger partial charge is 0.378 e. The van der Waals surface area contributed by atoms with Crippen LogP contribution in [0.25, 0.3) is 0 Å². The fourth-order valence-electron chi connectivity index (χ4n) is 3.67. The van der Waals surface area contributed by atoms with Crippen molar-refractivity contribution in [1.82, 2.24) is 9.88 Å². The monoisotopic (exact) mass is 320 g/mol. The zero-order chi connectivity index (χ0) is 16.4. The van der Waals surface area contributed by atoms with Crippen molar-refractivity contribution in [1.29, 1.82) is 5.26 Å². The van der Waals surface area contributed by atoms with E-state index < -0.39 is 0 Å². The summed E-state index contributed by atoms with van der Waals surface area (Å²) in [6, 6.07) is 19.0. The van der Waals surface area contributed by atoms with Gasteiger partial charge in [0, 0.05) is 19.6 Å². The molecule has 0 amide bonds. The van der Waals surface area contributed by atoms with Gasteiger partial charge >= 0.3 is 0 Å². The third kappa shape index (κ3) is 2.86. The summed E-state index contributed by atoms with van der Waals surface area (Å²) in [6.07, 6.45) is 0. The zero-order valence-electron chi connectivity index (χ0n) is 13.5. The van der Waals surface area contributed by atoms with E-state index in [0.29, 0.717) is 17.8 Å². The van der Waals surface area contributed by atoms with Crippen LogP contribution in [0.5, 0.6) is 0 Å². The predicted molar refractivity (Wildman–Crippen MR) is 91.7 cm³/mol. The standard InChI is InChI=1S/C19H20N4O/c20-11-16-7-4-8-19(21-16)22-9-10-23-17(12-22)13-24-14-18(23)15-5-2-1-3-6-15/h1-8,17-18H,9-10,12-14H2/t17-,18-/m1/s1. The molecule has 0 N–H and O–H groups in total. The van der Waals surface area contributed by atoms with E-state index in [2.05, 4.69) is 51.2 Å². The van der Waals surface area contributed by atoms with Gasteiger partial charge in [0.2, 0.25) is 0 Å². The van der Waals surface area contributed by atoms with E-state index in [1.54, 1.807) is 6.07 Å². The Kier molecular flexibility index (Phi) is 4.16. The van der Waals surface area contributed by atoms with Crippen molar-refractivity contribution >= 4 is 5.82 Å². The smallest absolute Gasteiger partial charge is 0.142 e. The molecule has 0 aliphatic carbocycles. The number of aromatic nitrogens is 1. The van der Waals surface area contributed by atoms with E-state index in [0.717, 1.165) is 38.7 Å². The molecule has 0 bridgehead atoms. The van der Waals surface area contributed by atoms with Gasteiger partial charge in [-0.05, 0) is 17.7 Å². The summed E-state index contributed by atoms with van der Waals surface area (Å²) in [5.74, 6) is 0.885. The number of piperazine rings is 1. The maximum Gasteiger partial charge on any atom is 0.142 e. The van der Waals surface area contributed by atoms with Gasteiger partial charge in [-0.3, -0.25) is 4.90 Å². The SMILES string of the molecule is N#Cc1cccc(N2CCN3[C@@H](COC[C@@H]3c3ccccc3)C2)n1. The molecule has 5 heteroatoms. The third-order valence-electron chi connectivity index (χ3n) is 4.87. The van der Waals surface area contributed by atoms with Crippen molar-refractivity contribution in [2.45, 2.75) is 12.1 Å². The lowest BCUT2D eigenvalue weighted by Gasteiger charge is -2.48. The van der Waals surface area contributed by atoms with Crippen LogP contribution in [0.2, 0.25) is 0 Å². The number of ether oxygens (including phenoxy) is 1. The molecular weight excluding hydrogens is 300 g/mol. The molecule has 2 atom stereocenters. The first-order valence-corrected chi connectivity index (χ1v) is 8.35. The molecule has 0 unspecified atom stereocenters. The molecular formula is C19H20N4O. The minimum absolute atomic E-state index is 0.325. The van der Waals surface area contributed by atoms with Gasteiger partial charge in [-0.15, -0.1) is 0 Å². The molecule has 0 spiro atoms. The van der Waals surface area contributed by atoms with Crippen molar-refractivity contribution in [2.24, 2.45) is 0 Å². The average molecular weight is 320 g/mol. The summed E-state index contributed by atoms with van der Waals surface area (Å²) in [5.41, 5.74) is 1.79. The Morgan fingerprint density at radius 2 is 1.92 bits per heavy atom. The number of nitriles is 1. The number of fused-ring (bicyclic) bond motifs is 1. The minimum Gasteiger partial charge on any atom is -0.378 e. The van der Waals surface area contributed by atoms with Crippen LogP contribution in [-0.4, -0.2) is 48.8 Å². The summed E-state index contributed by atoms with van der Waals surface area (Å²) >= 11 is 0. The summed E-state index contributed by atoms with van der Waals surface area (Å²) in [6.45, 7) is 4.28. The Morgan fingerprint density at radius 1 is 1.04 bits per heavy atom. The number of hydrogen-bond donors (Lipinski definition) is 0. The molecule has 3 heterocycles. The summed E-state index contributed by atoms with van der Waals surface area (Å²) in [5, 5.41) is 9.05. The highest BCUT2D eigenvalue weighted by Gasteiger charge is 2.36. The lowest BCUT2D eigenvalue weighted by molar-refractivity contribution is -0.0548. The molecule has 2 aliphatic rings. The van der Waals surface area contributed by atoms with Crippen LogP contribution >= 0.6 is 0 Å². The molecule has 4 rings (SSSR count). The summed E-state index contributed by atoms with van der Waals surface area (Å²) < 4.78 is 5.89. The molecule has 2 fully saturated rings. The Balaban J connectivity index is 1.52.